The standard InChI is InChI=1S/C15H20N2O/c1-11(2)7-12-3-5-13(6-4-12)14(17)15(8-16)9-18-10-15/h3-6,11,14H,7,9-10,17H2,1-2H3. The highest BCUT2D eigenvalue weighted by atomic mass is 16.5. The van der Waals surface area contributed by atoms with Crippen LogP contribution in [0.3, 0.4) is 0 Å². The number of nitrogens with zero attached hydrogens (tertiary/aromatic N) is 1. The molecule has 0 aliphatic carbocycles. The Morgan fingerprint density at radius 3 is 2.33 bits per heavy atom. The Balaban J connectivity index is 2.12. The molecule has 1 aromatic carbocycles. The summed E-state index contributed by atoms with van der Waals surface area (Å²) in [5, 5.41) is 9.23. The van der Waals surface area contributed by atoms with Gasteiger partial charge in [-0.1, -0.05) is 38.1 Å². The summed E-state index contributed by atoms with van der Waals surface area (Å²) in [6, 6.07) is 10.4. The Bertz CT molecular complexity index is 441. The normalized spacial score (nSPS) is 19.1. The van der Waals surface area contributed by atoms with Crippen LogP contribution in [-0.2, 0) is 11.2 Å². The van der Waals surface area contributed by atoms with E-state index in [1.165, 1.54) is 5.56 Å². The Morgan fingerprint density at radius 2 is 1.94 bits per heavy atom. The van der Waals surface area contributed by atoms with Crippen molar-refractivity contribution in [2.24, 2.45) is 17.1 Å². The molecule has 1 aliphatic heterocycles. The van der Waals surface area contributed by atoms with Gasteiger partial charge < -0.3 is 10.5 Å². The molecule has 2 rings (SSSR count). The summed E-state index contributed by atoms with van der Waals surface area (Å²) in [4.78, 5) is 0. The molecule has 0 aromatic heterocycles. The fourth-order valence-corrected chi connectivity index (χ4v) is 2.29. The Hall–Kier alpha value is -1.37. The maximum Gasteiger partial charge on any atom is 0.123 e. The molecule has 3 nitrogen and oxygen atoms in total. The first-order valence-corrected chi connectivity index (χ1v) is 6.41. The number of hydrogen-bond donors (Lipinski definition) is 1. The lowest BCUT2D eigenvalue weighted by Gasteiger charge is -2.39. The van der Waals surface area contributed by atoms with E-state index in [2.05, 4.69) is 32.0 Å². The predicted octanol–water partition coefficient (Wildman–Crippen LogP) is 2.43. The largest absolute Gasteiger partial charge is 0.378 e. The maximum absolute atomic E-state index is 9.23. The molecule has 0 bridgehead atoms. The van der Waals surface area contributed by atoms with E-state index in [1.807, 2.05) is 12.1 Å². The highest BCUT2D eigenvalue weighted by Crippen LogP contribution is 2.38. The zero-order valence-corrected chi connectivity index (χ0v) is 11.0. The second-order valence-electron chi connectivity index (χ2n) is 5.58. The summed E-state index contributed by atoms with van der Waals surface area (Å²) >= 11 is 0. The molecule has 0 amide bonds. The van der Waals surface area contributed by atoms with Crippen LogP contribution < -0.4 is 5.73 Å². The van der Waals surface area contributed by atoms with E-state index in [0.717, 1.165) is 12.0 Å². The Labute approximate surface area is 109 Å². The van der Waals surface area contributed by atoms with Crippen LogP contribution in [0.2, 0.25) is 0 Å². The number of nitrogens with two attached hydrogens (primary N) is 1. The second-order valence-corrected chi connectivity index (χ2v) is 5.58. The summed E-state index contributed by atoms with van der Waals surface area (Å²) in [7, 11) is 0. The molecule has 1 heterocycles. The Kier molecular flexibility index (Phi) is 3.70. The Morgan fingerprint density at radius 1 is 1.33 bits per heavy atom. The van der Waals surface area contributed by atoms with E-state index in [9.17, 15) is 5.26 Å². The van der Waals surface area contributed by atoms with Crippen molar-refractivity contribution in [3.05, 3.63) is 35.4 Å². The van der Waals surface area contributed by atoms with Crippen molar-refractivity contribution in [2.45, 2.75) is 26.3 Å². The highest BCUT2D eigenvalue weighted by Gasteiger charge is 2.45. The highest BCUT2D eigenvalue weighted by molar-refractivity contribution is 5.29. The molecule has 1 saturated heterocycles. The molecule has 2 N–H and O–H groups in total. The van der Waals surface area contributed by atoms with Gasteiger partial charge in [-0.2, -0.15) is 5.26 Å². The van der Waals surface area contributed by atoms with Gasteiger partial charge in [0.05, 0.1) is 25.3 Å². The minimum Gasteiger partial charge on any atom is -0.378 e. The van der Waals surface area contributed by atoms with Crippen LogP contribution in [0.1, 0.15) is 31.0 Å². The first-order valence-electron chi connectivity index (χ1n) is 6.41. The van der Waals surface area contributed by atoms with E-state index >= 15 is 0 Å². The first kappa shape index (κ1) is 13.1. The van der Waals surface area contributed by atoms with E-state index < -0.39 is 5.41 Å². The molecule has 1 atom stereocenters. The van der Waals surface area contributed by atoms with Crippen LogP contribution in [-0.4, -0.2) is 13.2 Å². The maximum atomic E-state index is 9.23. The molecule has 1 fully saturated rings. The number of hydrogen-bond acceptors (Lipinski definition) is 3. The van der Waals surface area contributed by atoms with Gasteiger partial charge in [0.1, 0.15) is 5.41 Å². The number of ether oxygens (including phenoxy) is 1. The van der Waals surface area contributed by atoms with E-state index in [4.69, 9.17) is 10.5 Å². The fourth-order valence-electron chi connectivity index (χ4n) is 2.29. The van der Waals surface area contributed by atoms with Crippen LogP contribution in [0.15, 0.2) is 24.3 Å². The molecular weight excluding hydrogens is 224 g/mol. The number of nitriles is 1. The monoisotopic (exact) mass is 244 g/mol. The summed E-state index contributed by atoms with van der Waals surface area (Å²) in [5.41, 5.74) is 8.00. The average Bonchev–Trinajstić information content (AvgIpc) is 2.28. The van der Waals surface area contributed by atoms with Crippen LogP contribution in [0.5, 0.6) is 0 Å². The van der Waals surface area contributed by atoms with Gasteiger partial charge in [0.25, 0.3) is 0 Å². The van der Waals surface area contributed by atoms with E-state index in [-0.39, 0.29) is 6.04 Å². The summed E-state index contributed by atoms with van der Waals surface area (Å²) in [6.07, 6.45) is 1.07. The smallest absolute Gasteiger partial charge is 0.123 e. The number of rotatable bonds is 4. The molecule has 1 unspecified atom stereocenters. The van der Waals surface area contributed by atoms with Crippen LogP contribution >= 0.6 is 0 Å². The third-order valence-corrected chi connectivity index (χ3v) is 3.52. The second kappa shape index (κ2) is 5.09. The van der Waals surface area contributed by atoms with Gasteiger partial charge in [-0.15, -0.1) is 0 Å². The van der Waals surface area contributed by atoms with Crippen LogP contribution in [0.4, 0.5) is 0 Å². The molecule has 96 valence electrons. The van der Waals surface area contributed by atoms with Crippen LogP contribution in [0, 0.1) is 22.7 Å². The molecular formula is C15H20N2O. The molecule has 1 aliphatic rings. The van der Waals surface area contributed by atoms with Gasteiger partial charge in [-0.25, -0.2) is 0 Å². The van der Waals surface area contributed by atoms with E-state index in [1.54, 1.807) is 0 Å². The molecule has 0 radical (unpaired) electrons. The van der Waals surface area contributed by atoms with Gasteiger partial charge >= 0.3 is 0 Å². The van der Waals surface area contributed by atoms with Gasteiger partial charge in [0.2, 0.25) is 0 Å². The molecule has 0 spiro atoms. The zero-order chi connectivity index (χ0) is 13.2. The van der Waals surface area contributed by atoms with Crippen molar-refractivity contribution in [3.63, 3.8) is 0 Å². The lowest BCUT2D eigenvalue weighted by atomic mass is 9.77. The quantitative estimate of drug-likeness (QED) is 0.885. The zero-order valence-electron chi connectivity index (χ0n) is 11.0. The van der Waals surface area contributed by atoms with Gasteiger partial charge in [-0.05, 0) is 23.5 Å². The average molecular weight is 244 g/mol. The minimum atomic E-state index is -0.528. The summed E-state index contributed by atoms with van der Waals surface area (Å²) in [5.74, 6) is 0.648. The van der Waals surface area contributed by atoms with Crippen molar-refractivity contribution < 1.29 is 4.74 Å². The van der Waals surface area contributed by atoms with E-state index in [0.29, 0.717) is 19.1 Å². The number of benzene rings is 1. The lowest BCUT2D eigenvalue weighted by Crippen LogP contribution is -2.49. The third kappa shape index (κ3) is 2.40. The first-order chi connectivity index (χ1) is 8.57. The molecule has 0 saturated carbocycles. The van der Waals surface area contributed by atoms with Gasteiger partial charge in [-0.3, -0.25) is 0 Å². The van der Waals surface area contributed by atoms with Gasteiger partial charge in [0.15, 0.2) is 0 Å². The summed E-state index contributed by atoms with van der Waals surface area (Å²) in [6.45, 7) is 5.29. The van der Waals surface area contributed by atoms with Crippen molar-refractivity contribution in [3.8, 4) is 6.07 Å². The van der Waals surface area contributed by atoms with Crippen molar-refractivity contribution in [2.75, 3.05) is 13.2 Å². The van der Waals surface area contributed by atoms with Crippen molar-refractivity contribution >= 4 is 0 Å². The predicted molar refractivity (Wildman–Crippen MR) is 70.8 cm³/mol. The summed E-state index contributed by atoms with van der Waals surface area (Å²) < 4.78 is 5.15. The molecule has 1 aromatic rings. The minimum absolute atomic E-state index is 0.260. The fraction of sp³-hybridized carbons (Fsp3) is 0.533. The molecule has 18 heavy (non-hydrogen) atoms. The SMILES string of the molecule is CC(C)Cc1ccc(C(N)C2(C#N)COC2)cc1. The lowest BCUT2D eigenvalue weighted by molar-refractivity contribution is -0.0910. The van der Waals surface area contributed by atoms with Crippen molar-refractivity contribution in [1.29, 1.82) is 5.26 Å². The van der Waals surface area contributed by atoms with Crippen molar-refractivity contribution in [1.82, 2.24) is 0 Å². The third-order valence-electron chi connectivity index (χ3n) is 3.52. The topological polar surface area (TPSA) is 59.0 Å². The van der Waals surface area contributed by atoms with Crippen LogP contribution in [0.25, 0.3) is 0 Å². The molecule has 3 heteroatoms. The van der Waals surface area contributed by atoms with Gasteiger partial charge in [0, 0.05) is 0 Å².